The first-order chi connectivity index (χ1) is 7.77. The van der Waals surface area contributed by atoms with Crippen LogP contribution >= 0.6 is 0 Å². The van der Waals surface area contributed by atoms with E-state index in [9.17, 15) is 4.79 Å². The molecule has 0 bridgehead atoms. The van der Waals surface area contributed by atoms with Gasteiger partial charge in [0.05, 0.1) is 12.2 Å². The highest BCUT2D eigenvalue weighted by molar-refractivity contribution is 5.89. The maximum absolute atomic E-state index is 11.3. The molecule has 0 unspecified atom stereocenters. The summed E-state index contributed by atoms with van der Waals surface area (Å²) in [5.41, 5.74) is 0.439. The molecule has 0 aromatic carbocycles. The van der Waals surface area contributed by atoms with Crippen LogP contribution in [0.4, 0.5) is 5.82 Å². The lowest BCUT2D eigenvalue weighted by atomic mass is 10.3. The average molecular weight is 224 g/mol. The van der Waals surface area contributed by atoms with Crippen molar-refractivity contribution >= 4 is 11.8 Å². The third kappa shape index (κ3) is 3.86. The summed E-state index contributed by atoms with van der Waals surface area (Å²) < 4.78 is 4.83. The number of carbonyl (C=O) groups is 1. The second-order valence-electron chi connectivity index (χ2n) is 3.16. The Labute approximate surface area is 94.5 Å². The Kier molecular flexibility index (Phi) is 5.28. The van der Waals surface area contributed by atoms with Crippen LogP contribution in [0.15, 0.2) is 18.3 Å². The van der Waals surface area contributed by atoms with Crippen LogP contribution in [0.2, 0.25) is 0 Å². The van der Waals surface area contributed by atoms with Gasteiger partial charge in [0, 0.05) is 19.3 Å². The van der Waals surface area contributed by atoms with Gasteiger partial charge in [-0.3, -0.25) is 0 Å². The molecule has 0 fully saturated rings. The molecule has 0 aliphatic heterocycles. The molecule has 0 amide bonds. The molecule has 5 heteroatoms. The predicted octanol–water partition coefficient (Wildman–Crippen LogP) is 1.05. The van der Waals surface area contributed by atoms with Crippen molar-refractivity contribution in [3.63, 3.8) is 0 Å². The minimum absolute atomic E-state index is 0.147. The van der Waals surface area contributed by atoms with Gasteiger partial charge in [-0.25, -0.2) is 9.78 Å². The van der Waals surface area contributed by atoms with Crippen molar-refractivity contribution in [2.75, 3.05) is 25.1 Å². The first-order valence-corrected chi connectivity index (χ1v) is 5.25. The van der Waals surface area contributed by atoms with E-state index < -0.39 is 0 Å². The van der Waals surface area contributed by atoms with Crippen LogP contribution in [-0.4, -0.2) is 35.8 Å². The number of aliphatic hydroxyl groups excluding tert-OH is 1. The van der Waals surface area contributed by atoms with E-state index in [2.05, 4.69) is 10.3 Å². The topological polar surface area (TPSA) is 71.5 Å². The second kappa shape index (κ2) is 6.79. The normalized spacial score (nSPS) is 9.88. The number of nitrogens with zero attached hydrogens (tertiary/aromatic N) is 1. The minimum atomic E-state index is -0.364. The molecular weight excluding hydrogens is 208 g/mol. The van der Waals surface area contributed by atoms with Crippen molar-refractivity contribution in [2.45, 2.75) is 13.3 Å². The smallest absolute Gasteiger partial charge is 0.339 e. The molecule has 1 aromatic rings. The van der Waals surface area contributed by atoms with Gasteiger partial charge in [-0.2, -0.15) is 0 Å². The highest BCUT2D eigenvalue weighted by Gasteiger charge is 2.05. The number of ether oxygens (including phenoxy) is 1. The summed E-state index contributed by atoms with van der Waals surface area (Å²) in [5, 5.41) is 11.6. The van der Waals surface area contributed by atoms with E-state index >= 15 is 0 Å². The lowest BCUT2D eigenvalue weighted by Crippen LogP contribution is -2.07. The second-order valence-corrected chi connectivity index (χ2v) is 3.16. The van der Waals surface area contributed by atoms with Crippen molar-refractivity contribution < 1.29 is 14.6 Å². The number of nitrogens with one attached hydrogen (secondary N) is 1. The van der Waals surface area contributed by atoms with E-state index in [1.54, 1.807) is 19.1 Å². The Morgan fingerprint density at radius 1 is 1.56 bits per heavy atom. The molecule has 0 saturated carbocycles. The zero-order valence-corrected chi connectivity index (χ0v) is 9.27. The number of pyridine rings is 1. The number of aliphatic hydroxyl groups is 1. The van der Waals surface area contributed by atoms with E-state index in [1.165, 1.54) is 6.20 Å². The van der Waals surface area contributed by atoms with Crippen LogP contribution in [0.1, 0.15) is 23.7 Å². The quantitative estimate of drug-likeness (QED) is 0.558. The molecule has 1 heterocycles. The molecule has 0 spiro atoms. The van der Waals surface area contributed by atoms with Crippen LogP contribution in [0.5, 0.6) is 0 Å². The molecular formula is C11H16N2O3. The van der Waals surface area contributed by atoms with Gasteiger partial charge in [0.1, 0.15) is 5.82 Å². The van der Waals surface area contributed by atoms with Gasteiger partial charge in [0.15, 0.2) is 0 Å². The summed E-state index contributed by atoms with van der Waals surface area (Å²) >= 11 is 0. The van der Waals surface area contributed by atoms with Crippen LogP contribution in [0.25, 0.3) is 0 Å². The minimum Gasteiger partial charge on any atom is -0.462 e. The summed E-state index contributed by atoms with van der Waals surface area (Å²) in [6.07, 6.45) is 2.14. The van der Waals surface area contributed by atoms with Gasteiger partial charge in [0.25, 0.3) is 0 Å². The van der Waals surface area contributed by atoms with Crippen LogP contribution in [-0.2, 0) is 4.74 Å². The van der Waals surface area contributed by atoms with Crippen molar-refractivity contribution in [2.24, 2.45) is 0 Å². The Balaban J connectivity index is 2.50. The van der Waals surface area contributed by atoms with Gasteiger partial charge in [-0.05, 0) is 25.5 Å². The molecule has 1 rings (SSSR count). The number of aromatic nitrogens is 1. The molecule has 0 saturated heterocycles. The Bertz CT molecular complexity index is 325. The molecule has 0 atom stereocenters. The summed E-state index contributed by atoms with van der Waals surface area (Å²) in [6.45, 7) is 2.92. The molecule has 16 heavy (non-hydrogen) atoms. The van der Waals surface area contributed by atoms with E-state index in [0.29, 0.717) is 31.0 Å². The number of carbonyl (C=O) groups excluding carboxylic acids is 1. The lowest BCUT2D eigenvalue weighted by molar-refractivity contribution is 0.0526. The maximum atomic E-state index is 11.3. The number of hydrogen-bond acceptors (Lipinski definition) is 5. The highest BCUT2D eigenvalue weighted by Crippen LogP contribution is 2.06. The third-order valence-corrected chi connectivity index (χ3v) is 1.92. The molecule has 0 aliphatic rings. The number of hydrogen-bond donors (Lipinski definition) is 2. The monoisotopic (exact) mass is 224 g/mol. The Morgan fingerprint density at radius 3 is 2.94 bits per heavy atom. The fourth-order valence-corrected chi connectivity index (χ4v) is 1.13. The largest absolute Gasteiger partial charge is 0.462 e. The summed E-state index contributed by atoms with van der Waals surface area (Å²) in [6, 6.07) is 3.37. The van der Waals surface area contributed by atoms with Gasteiger partial charge in [-0.1, -0.05) is 0 Å². The predicted molar refractivity (Wildman–Crippen MR) is 60.4 cm³/mol. The Morgan fingerprint density at radius 2 is 2.38 bits per heavy atom. The van der Waals surface area contributed by atoms with E-state index in [4.69, 9.17) is 9.84 Å². The maximum Gasteiger partial charge on any atom is 0.339 e. The third-order valence-electron chi connectivity index (χ3n) is 1.92. The van der Waals surface area contributed by atoms with Crippen LogP contribution < -0.4 is 5.32 Å². The first-order valence-electron chi connectivity index (χ1n) is 5.25. The molecule has 0 aliphatic carbocycles. The molecule has 2 N–H and O–H groups in total. The van der Waals surface area contributed by atoms with Crippen molar-refractivity contribution in [1.82, 2.24) is 4.98 Å². The summed E-state index contributed by atoms with van der Waals surface area (Å²) in [5.74, 6) is 0.318. The zero-order valence-electron chi connectivity index (χ0n) is 9.27. The number of anilines is 1. The van der Waals surface area contributed by atoms with Crippen LogP contribution in [0, 0.1) is 0 Å². The summed E-state index contributed by atoms with van der Waals surface area (Å²) in [4.78, 5) is 15.4. The molecule has 0 radical (unpaired) electrons. The van der Waals surface area contributed by atoms with Crippen molar-refractivity contribution in [3.8, 4) is 0 Å². The van der Waals surface area contributed by atoms with E-state index in [1.807, 2.05) is 0 Å². The van der Waals surface area contributed by atoms with Crippen molar-refractivity contribution in [3.05, 3.63) is 23.9 Å². The average Bonchev–Trinajstić information content (AvgIpc) is 2.30. The van der Waals surface area contributed by atoms with E-state index in [-0.39, 0.29) is 12.6 Å². The number of esters is 1. The summed E-state index contributed by atoms with van der Waals surface area (Å²) in [7, 11) is 0. The van der Waals surface area contributed by atoms with Crippen molar-refractivity contribution in [1.29, 1.82) is 0 Å². The van der Waals surface area contributed by atoms with E-state index in [0.717, 1.165) is 0 Å². The highest BCUT2D eigenvalue weighted by atomic mass is 16.5. The Hall–Kier alpha value is -1.62. The van der Waals surface area contributed by atoms with Gasteiger partial charge < -0.3 is 15.2 Å². The number of rotatable bonds is 6. The lowest BCUT2D eigenvalue weighted by Gasteiger charge is -2.05. The standard InChI is InChI=1S/C11H16N2O3/c1-2-16-11(15)9-4-5-10(13-8-9)12-6-3-7-14/h4-5,8,14H,2-3,6-7H2,1H3,(H,12,13). The van der Waals surface area contributed by atoms with Crippen LogP contribution in [0.3, 0.4) is 0 Å². The molecule has 88 valence electrons. The van der Waals surface area contributed by atoms with Gasteiger partial charge >= 0.3 is 5.97 Å². The molecule has 1 aromatic heterocycles. The molecule has 5 nitrogen and oxygen atoms in total. The zero-order chi connectivity index (χ0) is 11.8. The first kappa shape index (κ1) is 12.4. The van der Waals surface area contributed by atoms with Gasteiger partial charge in [-0.15, -0.1) is 0 Å². The van der Waals surface area contributed by atoms with Gasteiger partial charge in [0.2, 0.25) is 0 Å². The fourth-order valence-electron chi connectivity index (χ4n) is 1.13. The fraction of sp³-hybridized carbons (Fsp3) is 0.455. The SMILES string of the molecule is CCOC(=O)c1ccc(NCCCO)nc1.